The predicted molar refractivity (Wildman–Crippen MR) is 102 cm³/mol. The number of rotatable bonds is 6. The molecule has 1 N–H and O–H groups in total. The number of benzene rings is 2. The van der Waals surface area contributed by atoms with Crippen LogP contribution in [0.3, 0.4) is 0 Å². The largest absolute Gasteiger partial charge is 0.355 e. The third kappa shape index (κ3) is 4.83. The van der Waals surface area contributed by atoms with Gasteiger partial charge in [0.05, 0.1) is 0 Å². The van der Waals surface area contributed by atoms with Crippen molar-refractivity contribution in [3.05, 3.63) is 65.2 Å². The van der Waals surface area contributed by atoms with Gasteiger partial charge < -0.3 is 10.2 Å². The highest BCUT2D eigenvalue weighted by Gasteiger charge is 2.38. The van der Waals surface area contributed by atoms with Crippen molar-refractivity contribution in [1.82, 2.24) is 5.32 Å². The first-order valence-corrected chi connectivity index (χ1v) is 8.56. The third-order valence-electron chi connectivity index (χ3n) is 4.16. The van der Waals surface area contributed by atoms with Crippen LogP contribution in [-0.4, -0.2) is 25.4 Å². The smallest absolute Gasteiger partial charge is 0.241 e. The summed E-state index contributed by atoms with van der Waals surface area (Å²) in [4.78, 5) is 26.7. The van der Waals surface area contributed by atoms with Gasteiger partial charge in [-0.25, -0.2) is 0 Å². The molecule has 0 fully saturated rings. The van der Waals surface area contributed by atoms with Gasteiger partial charge in [-0.3, -0.25) is 9.59 Å². The summed E-state index contributed by atoms with van der Waals surface area (Å²) in [5.41, 5.74) is 0.690. The van der Waals surface area contributed by atoms with Crippen LogP contribution >= 0.6 is 11.6 Å². The van der Waals surface area contributed by atoms with Gasteiger partial charge in [-0.05, 0) is 50.1 Å². The summed E-state index contributed by atoms with van der Waals surface area (Å²) in [6, 6.07) is 16.8. The molecule has 0 aliphatic rings. The molecular formula is C20H23ClN2O2. The molecule has 0 radical (unpaired) electrons. The molecule has 4 nitrogen and oxygen atoms in total. The second kappa shape index (κ2) is 8.17. The zero-order chi connectivity index (χ0) is 18.4. The van der Waals surface area contributed by atoms with Crippen molar-refractivity contribution < 1.29 is 9.59 Å². The predicted octanol–water partition coefficient (Wildman–Crippen LogP) is 3.69. The lowest BCUT2D eigenvalue weighted by molar-refractivity contribution is -0.139. The van der Waals surface area contributed by atoms with Crippen LogP contribution in [0.1, 0.15) is 19.4 Å². The summed E-state index contributed by atoms with van der Waals surface area (Å²) >= 11 is 5.86. The quantitative estimate of drug-likeness (QED) is 0.800. The Bertz CT molecular complexity index is 727. The molecule has 0 saturated heterocycles. The molecule has 0 saturated carbocycles. The Labute approximate surface area is 153 Å². The van der Waals surface area contributed by atoms with Crippen molar-refractivity contribution in [2.24, 2.45) is 5.41 Å². The summed E-state index contributed by atoms with van der Waals surface area (Å²) in [6.45, 7) is 3.75. The average Bonchev–Trinajstić information content (AvgIpc) is 2.62. The maximum atomic E-state index is 12.7. The maximum Gasteiger partial charge on any atom is 0.241 e. The Morgan fingerprint density at radius 1 is 1.04 bits per heavy atom. The minimum atomic E-state index is -1.15. The van der Waals surface area contributed by atoms with E-state index in [2.05, 4.69) is 5.32 Å². The molecule has 0 bridgehead atoms. The highest BCUT2D eigenvalue weighted by Crippen LogP contribution is 2.23. The molecule has 0 heterocycles. The van der Waals surface area contributed by atoms with Gasteiger partial charge in [0.2, 0.25) is 11.8 Å². The van der Waals surface area contributed by atoms with E-state index in [9.17, 15) is 9.59 Å². The molecule has 25 heavy (non-hydrogen) atoms. The van der Waals surface area contributed by atoms with E-state index in [0.29, 0.717) is 18.0 Å². The van der Waals surface area contributed by atoms with Crippen LogP contribution in [0.25, 0.3) is 0 Å². The van der Waals surface area contributed by atoms with Crippen LogP contribution in [-0.2, 0) is 16.0 Å². The topological polar surface area (TPSA) is 49.4 Å². The minimum absolute atomic E-state index is 0.248. The number of anilines is 1. The minimum Gasteiger partial charge on any atom is -0.355 e. The van der Waals surface area contributed by atoms with Crippen molar-refractivity contribution in [1.29, 1.82) is 0 Å². The zero-order valence-electron chi connectivity index (χ0n) is 14.8. The van der Waals surface area contributed by atoms with Crippen molar-refractivity contribution in [3.63, 3.8) is 0 Å². The van der Waals surface area contributed by atoms with Crippen LogP contribution in [0.15, 0.2) is 54.6 Å². The molecule has 0 aromatic heterocycles. The van der Waals surface area contributed by atoms with Gasteiger partial charge in [0.25, 0.3) is 0 Å². The molecule has 132 valence electrons. The van der Waals surface area contributed by atoms with Crippen LogP contribution in [0.5, 0.6) is 0 Å². The monoisotopic (exact) mass is 358 g/mol. The Balaban J connectivity index is 1.94. The Morgan fingerprint density at radius 2 is 1.64 bits per heavy atom. The van der Waals surface area contributed by atoms with Gasteiger partial charge >= 0.3 is 0 Å². The van der Waals surface area contributed by atoms with Crippen molar-refractivity contribution in [2.75, 3.05) is 18.5 Å². The maximum absolute atomic E-state index is 12.7. The van der Waals surface area contributed by atoms with Crippen LogP contribution < -0.4 is 10.2 Å². The number of hydrogen-bond donors (Lipinski definition) is 1. The van der Waals surface area contributed by atoms with Crippen LogP contribution in [0, 0.1) is 5.41 Å². The number of amides is 2. The Hall–Kier alpha value is -2.33. The SMILES string of the molecule is CN(C(=O)C(C)(C)C(=O)NCCc1ccc(Cl)cc1)c1ccccc1. The van der Waals surface area contributed by atoms with Gasteiger partial charge in [-0.2, -0.15) is 0 Å². The second-order valence-electron chi connectivity index (χ2n) is 6.46. The highest BCUT2D eigenvalue weighted by molar-refractivity contribution is 6.30. The highest BCUT2D eigenvalue weighted by atomic mass is 35.5. The summed E-state index contributed by atoms with van der Waals surface area (Å²) in [5, 5.41) is 3.54. The van der Waals surface area contributed by atoms with E-state index in [1.807, 2.05) is 54.6 Å². The first-order valence-electron chi connectivity index (χ1n) is 8.18. The van der Waals surface area contributed by atoms with E-state index in [1.165, 1.54) is 4.90 Å². The molecule has 2 aromatic rings. The molecule has 2 rings (SSSR count). The first-order chi connectivity index (χ1) is 11.8. The molecule has 2 amide bonds. The molecule has 0 aliphatic heterocycles. The summed E-state index contributed by atoms with van der Waals surface area (Å²) in [7, 11) is 1.68. The van der Waals surface area contributed by atoms with Crippen LogP contribution in [0.2, 0.25) is 5.02 Å². The zero-order valence-corrected chi connectivity index (χ0v) is 15.5. The van der Waals surface area contributed by atoms with E-state index >= 15 is 0 Å². The average molecular weight is 359 g/mol. The second-order valence-corrected chi connectivity index (χ2v) is 6.89. The normalized spacial score (nSPS) is 11.0. The van der Waals surface area contributed by atoms with E-state index in [0.717, 1.165) is 11.3 Å². The van der Waals surface area contributed by atoms with Gasteiger partial charge in [0.15, 0.2) is 0 Å². The molecule has 0 aliphatic carbocycles. The first kappa shape index (κ1) is 19.0. The van der Waals surface area contributed by atoms with Crippen LogP contribution in [0.4, 0.5) is 5.69 Å². The molecule has 0 atom stereocenters. The van der Waals surface area contributed by atoms with Crippen molar-refractivity contribution in [3.8, 4) is 0 Å². The molecule has 0 spiro atoms. The van der Waals surface area contributed by atoms with Gasteiger partial charge in [0.1, 0.15) is 5.41 Å². The lowest BCUT2D eigenvalue weighted by Crippen LogP contribution is -2.49. The van der Waals surface area contributed by atoms with E-state index < -0.39 is 5.41 Å². The fourth-order valence-corrected chi connectivity index (χ4v) is 2.60. The summed E-state index contributed by atoms with van der Waals surface area (Å²) < 4.78 is 0. The number of nitrogens with one attached hydrogen (secondary N) is 1. The third-order valence-corrected chi connectivity index (χ3v) is 4.41. The fourth-order valence-electron chi connectivity index (χ4n) is 2.48. The van der Waals surface area contributed by atoms with Gasteiger partial charge in [0, 0.05) is 24.3 Å². The number of para-hydroxylation sites is 1. The van der Waals surface area contributed by atoms with E-state index in [-0.39, 0.29) is 11.8 Å². The Kier molecular flexibility index (Phi) is 6.21. The summed E-state index contributed by atoms with van der Waals surface area (Å²) in [5.74, 6) is -0.531. The Morgan fingerprint density at radius 3 is 2.24 bits per heavy atom. The molecular weight excluding hydrogens is 336 g/mol. The standard InChI is InChI=1S/C20H23ClN2O2/c1-20(2,19(25)23(3)17-7-5-4-6-8-17)18(24)22-14-13-15-9-11-16(21)12-10-15/h4-12H,13-14H2,1-3H3,(H,22,24). The van der Waals surface area contributed by atoms with Gasteiger partial charge in [-0.1, -0.05) is 41.9 Å². The number of halogens is 1. The lowest BCUT2D eigenvalue weighted by atomic mass is 9.90. The number of hydrogen-bond acceptors (Lipinski definition) is 2. The summed E-state index contributed by atoms with van der Waals surface area (Å²) in [6.07, 6.45) is 0.682. The number of carbonyl (C=O) groups excluding carboxylic acids is 2. The van der Waals surface area contributed by atoms with E-state index in [1.54, 1.807) is 20.9 Å². The molecule has 2 aromatic carbocycles. The lowest BCUT2D eigenvalue weighted by Gasteiger charge is -2.28. The molecule has 0 unspecified atom stereocenters. The van der Waals surface area contributed by atoms with E-state index in [4.69, 9.17) is 11.6 Å². The fraction of sp³-hybridized carbons (Fsp3) is 0.300. The van der Waals surface area contributed by atoms with Gasteiger partial charge in [-0.15, -0.1) is 0 Å². The number of carbonyl (C=O) groups is 2. The van der Waals surface area contributed by atoms with Crippen molar-refractivity contribution >= 4 is 29.1 Å². The van der Waals surface area contributed by atoms with Crippen molar-refractivity contribution in [2.45, 2.75) is 20.3 Å². The number of nitrogens with zero attached hydrogens (tertiary/aromatic N) is 1. The molecule has 5 heteroatoms.